The van der Waals surface area contributed by atoms with Crippen LogP contribution in [0.2, 0.25) is 0 Å². The topological polar surface area (TPSA) is 42.9 Å². The Morgan fingerprint density at radius 2 is 2.16 bits per heavy atom. The van der Waals surface area contributed by atoms with Gasteiger partial charge in [0.2, 0.25) is 5.78 Å². The lowest BCUT2D eigenvalue weighted by Crippen LogP contribution is -1.99. The molecule has 19 heavy (non-hydrogen) atoms. The predicted octanol–water partition coefficient (Wildman–Crippen LogP) is 3.42. The maximum absolute atomic E-state index is 12.4. The summed E-state index contributed by atoms with van der Waals surface area (Å²) in [7, 11) is 0. The number of ketones is 1. The largest absolute Gasteiger partial charge is 0.288 e. The molecule has 0 spiro atoms. The first-order valence-electron chi connectivity index (χ1n) is 5.97. The Morgan fingerprint density at radius 1 is 1.32 bits per heavy atom. The standard InChI is InChI=1S/C15H12N2OS/c1-9-6-10(2)17-15-13(9)14(18)12(19-15)7-11-4-3-5-16-8-11/h3-8H,1-2H3/b12-7-. The summed E-state index contributed by atoms with van der Waals surface area (Å²) in [6.45, 7) is 3.90. The van der Waals surface area contributed by atoms with Crippen LogP contribution in [0.4, 0.5) is 0 Å². The number of allylic oxidation sites excluding steroid dienone is 1. The summed E-state index contributed by atoms with van der Waals surface area (Å²) in [5.74, 6) is 0.0638. The van der Waals surface area contributed by atoms with Gasteiger partial charge in [-0.15, -0.1) is 0 Å². The van der Waals surface area contributed by atoms with Crippen LogP contribution in [0.15, 0.2) is 40.5 Å². The average molecular weight is 268 g/mol. The second-order valence-corrected chi connectivity index (χ2v) is 5.52. The molecule has 1 aliphatic heterocycles. The molecule has 3 rings (SSSR count). The molecule has 0 saturated carbocycles. The zero-order valence-electron chi connectivity index (χ0n) is 10.7. The fraction of sp³-hybridized carbons (Fsp3) is 0.133. The number of aromatic nitrogens is 2. The van der Waals surface area contributed by atoms with Crippen molar-refractivity contribution in [3.05, 3.63) is 57.9 Å². The van der Waals surface area contributed by atoms with Gasteiger partial charge in [0.05, 0.1) is 10.5 Å². The molecule has 0 unspecified atom stereocenters. The summed E-state index contributed by atoms with van der Waals surface area (Å²) >= 11 is 1.44. The molecule has 0 saturated heterocycles. The SMILES string of the molecule is Cc1cc(C)c2c(n1)S/C(=C\c1cccnc1)C2=O. The molecule has 4 heteroatoms. The van der Waals surface area contributed by atoms with Crippen LogP contribution in [0.1, 0.15) is 27.2 Å². The number of rotatable bonds is 1. The van der Waals surface area contributed by atoms with Crippen molar-refractivity contribution in [3.63, 3.8) is 0 Å². The summed E-state index contributed by atoms with van der Waals surface area (Å²) < 4.78 is 0. The monoisotopic (exact) mass is 268 g/mol. The maximum Gasteiger partial charge on any atom is 0.202 e. The first-order valence-corrected chi connectivity index (χ1v) is 6.79. The Morgan fingerprint density at radius 3 is 2.89 bits per heavy atom. The molecule has 3 heterocycles. The van der Waals surface area contributed by atoms with Crippen LogP contribution in [0.5, 0.6) is 0 Å². The van der Waals surface area contributed by atoms with Crippen LogP contribution in [-0.4, -0.2) is 15.8 Å². The number of nitrogens with zero attached hydrogens (tertiary/aromatic N) is 2. The summed E-state index contributed by atoms with van der Waals surface area (Å²) in [6, 6.07) is 5.74. The number of carbonyl (C=O) groups excluding carboxylic acids is 1. The van der Waals surface area contributed by atoms with Gasteiger partial charge in [0, 0.05) is 18.1 Å². The van der Waals surface area contributed by atoms with Gasteiger partial charge in [0.25, 0.3) is 0 Å². The van der Waals surface area contributed by atoms with E-state index in [-0.39, 0.29) is 5.78 Å². The van der Waals surface area contributed by atoms with Crippen LogP contribution >= 0.6 is 11.8 Å². The lowest BCUT2D eigenvalue weighted by atomic mass is 10.1. The van der Waals surface area contributed by atoms with Crippen molar-refractivity contribution in [3.8, 4) is 0 Å². The van der Waals surface area contributed by atoms with Crippen molar-refractivity contribution in [2.45, 2.75) is 18.9 Å². The molecule has 3 nitrogen and oxygen atoms in total. The van der Waals surface area contributed by atoms with Crippen LogP contribution in [-0.2, 0) is 0 Å². The number of pyridine rings is 2. The van der Waals surface area contributed by atoms with Crippen molar-refractivity contribution in [2.24, 2.45) is 0 Å². The van der Waals surface area contributed by atoms with E-state index in [1.165, 1.54) is 11.8 Å². The van der Waals surface area contributed by atoms with E-state index in [1.807, 2.05) is 38.1 Å². The zero-order chi connectivity index (χ0) is 13.4. The van der Waals surface area contributed by atoms with E-state index in [0.29, 0.717) is 4.91 Å². The summed E-state index contributed by atoms with van der Waals surface area (Å²) in [5.41, 5.74) is 3.61. The molecule has 0 aliphatic carbocycles. The summed E-state index contributed by atoms with van der Waals surface area (Å²) in [6.07, 6.45) is 5.33. The van der Waals surface area contributed by atoms with Crippen LogP contribution < -0.4 is 0 Å². The number of fused-ring (bicyclic) bond motifs is 1. The van der Waals surface area contributed by atoms with E-state index in [0.717, 1.165) is 27.4 Å². The molecule has 0 amide bonds. The van der Waals surface area contributed by atoms with E-state index in [2.05, 4.69) is 9.97 Å². The number of thioether (sulfide) groups is 1. The average Bonchev–Trinajstić information content (AvgIpc) is 2.67. The Kier molecular flexibility index (Phi) is 2.95. The highest BCUT2D eigenvalue weighted by molar-refractivity contribution is 8.04. The fourth-order valence-electron chi connectivity index (χ4n) is 2.13. The van der Waals surface area contributed by atoms with Crippen LogP contribution in [0.3, 0.4) is 0 Å². The third-order valence-corrected chi connectivity index (χ3v) is 3.96. The Hall–Kier alpha value is -1.94. The van der Waals surface area contributed by atoms with Crippen LogP contribution in [0.25, 0.3) is 6.08 Å². The zero-order valence-corrected chi connectivity index (χ0v) is 11.5. The summed E-state index contributed by atoms with van der Waals surface area (Å²) in [4.78, 5) is 21.6. The summed E-state index contributed by atoms with van der Waals surface area (Å²) in [5, 5.41) is 0.817. The Labute approximate surface area is 115 Å². The number of aryl methyl sites for hydroxylation is 2. The van der Waals surface area contributed by atoms with Gasteiger partial charge in [-0.25, -0.2) is 4.98 Å². The number of hydrogen-bond donors (Lipinski definition) is 0. The second kappa shape index (κ2) is 4.63. The highest BCUT2D eigenvalue weighted by Crippen LogP contribution is 2.41. The molecular weight excluding hydrogens is 256 g/mol. The Balaban J connectivity index is 2.05. The minimum absolute atomic E-state index is 0.0638. The normalized spacial score (nSPS) is 15.9. The van der Waals surface area contributed by atoms with Crippen molar-refractivity contribution < 1.29 is 4.79 Å². The fourth-order valence-corrected chi connectivity index (χ4v) is 3.28. The number of carbonyl (C=O) groups is 1. The van der Waals surface area contributed by atoms with Gasteiger partial charge < -0.3 is 0 Å². The van der Waals surface area contributed by atoms with E-state index in [4.69, 9.17) is 0 Å². The van der Waals surface area contributed by atoms with Gasteiger partial charge in [-0.2, -0.15) is 0 Å². The quantitative estimate of drug-likeness (QED) is 0.743. The minimum atomic E-state index is 0.0638. The molecule has 0 bridgehead atoms. The van der Waals surface area contributed by atoms with Crippen molar-refractivity contribution >= 4 is 23.6 Å². The molecule has 1 aliphatic rings. The minimum Gasteiger partial charge on any atom is -0.288 e. The van der Waals surface area contributed by atoms with E-state index in [1.54, 1.807) is 12.4 Å². The van der Waals surface area contributed by atoms with Gasteiger partial charge in [-0.3, -0.25) is 9.78 Å². The predicted molar refractivity (Wildman–Crippen MR) is 76.1 cm³/mol. The molecule has 0 fully saturated rings. The van der Waals surface area contributed by atoms with Gasteiger partial charge in [-0.1, -0.05) is 17.8 Å². The number of Topliss-reactive ketones (excluding diaryl/α,β-unsaturated/α-hetero) is 1. The van der Waals surface area contributed by atoms with Crippen molar-refractivity contribution in [1.29, 1.82) is 0 Å². The highest BCUT2D eigenvalue weighted by atomic mass is 32.2. The smallest absolute Gasteiger partial charge is 0.202 e. The van der Waals surface area contributed by atoms with Gasteiger partial charge >= 0.3 is 0 Å². The van der Waals surface area contributed by atoms with E-state index < -0.39 is 0 Å². The third-order valence-electron chi connectivity index (χ3n) is 2.95. The highest BCUT2D eigenvalue weighted by Gasteiger charge is 2.29. The molecule has 0 aromatic carbocycles. The number of hydrogen-bond acceptors (Lipinski definition) is 4. The van der Waals surface area contributed by atoms with E-state index >= 15 is 0 Å². The van der Waals surface area contributed by atoms with E-state index in [9.17, 15) is 4.79 Å². The molecule has 94 valence electrons. The Bertz CT molecular complexity index is 693. The molecule has 0 N–H and O–H groups in total. The molecule has 0 radical (unpaired) electrons. The molecule has 2 aromatic rings. The lowest BCUT2D eigenvalue weighted by molar-refractivity contribution is 0.104. The van der Waals surface area contributed by atoms with Gasteiger partial charge in [-0.05, 0) is 43.2 Å². The molecular formula is C15H12N2OS. The lowest BCUT2D eigenvalue weighted by Gasteiger charge is -2.01. The second-order valence-electron chi connectivity index (χ2n) is 4.49. The first kappa shape index (κ1) is 12.1. The van der Waals surface area contributed by atoms with Crippen LogP contribution in [0, 0.1) is 13.8 Å². The van der Waals surface area contributed by atoms with Crippen molar-refractivity contribution in [2.75, 3.05) is 0 Å². The maximum atomic E-state index is 12.4. The van der Waals surface area contributed by atoms with Crippen molar-refractivity contribution in [1.82, 2.24) is 9.97 Å². The first-order chi connectivity index (χ1) is 9.15. The third kappa shape index (κ3) is 2.19. The van der Waals surface area contributed by atoms with Gasteiger partial charge in [0.1, 0.15) is 5.03 Å². The molecule has 2 aromatic heterocycles. The van der Waals surface area contributed by atoms with Gasteiger partial charge in [0.15, 0.2) is 0 Å². The molecule has 0 atom stereocenters.